The normalized spacial score (nSPS) is 21.9. The molecule has 0 spiro atoms. The lowest BCUT2D eigenvalue weighted by atomic mass is 10.2. The number of anilines is 1. The molecular weight excluding hydrogens is 276 g/mol. The van der Waals surface area contributed by atoms with Crippen molar-refractivity contribution >= 4 is 25.5 Å². The maximum atomic E-state index is 11.2. The Kier molecular flexibility index (Phi) is 3.18. The van der Waals surface area contributed by atoms with Gasteiger partial charge < -0.3 is 5.32 Å². The molecule has 0 fully saturated rings. The van der Waals surface area contributed by atoms with E-state index in [0.29, 0.717) is 5.69 Å². The quantitative estimate of drug-likeness (QED) is 0.817. The second-order valence-electron chi connectivity index (χ2n) is 3.98. The van der Waals surface area contributed by atoms with Crippen LogP contribution in [0.3, 0.4) is 0 Å². The van der Waals surface area contributed by atoms with E-state index in [9.17, 15) is 16.8 Å². The van der Waals surface area contributed by atoms with E-state index in [1.807, 2.05) is 0 Å². The maximum Gasteiger partial charge on any atom is 0.238 e. The summed E-state index contributed by atoms with van der Waals surface area (Å²) >= 11 is 0. The van der Waals surface area contributed by atoms with Gasteiger partial charge in [0.25, 0.3) is 0 Å². The van der Waals surface area contributed by atoms with Crippen molar-refractivity contribution in [3.8, 4) is 0 Å². The number of nitrogens with one attached hydrogen (secondary N) is 1. The number of rotatable bonds is 3. The van der Waals surface area contributed by atoms with Crippen molar-refractivity contribution in [3.63, 3.8) is 0 Å². The third-order valence-electron chi connectivity index (χ3n) is 2.46. The summed E-state index contributed by atoms with van der Waals surface area (Å²) in [6.07, 6.45) is 1.56. The Hall–Kier alpha value is -1.38. The van der Waals surface area contributed by atoms with Gasteiger partial charge in [0.05, 0.1) is 16.7 Å². The zero-order valence-corrected chi connectivity index (χ0v) is 10.9. The standard InChI is InChI=1S/C10H12N2O4S2/c11-18(15,16)10-3-1-8(2-4-10)12-9-5-6-17(13,14)7-9/h1-6,9,12H,7H2,(H2,11,15,16). The fourth-order valence-electron chi connectivity index (χ4n) is 1.62. The molecule has 1 atom stereocenters. The van der Waals surface area contributed by atoms with Gasteiger partial charge in [0.2, 0.25) is 10.0 Å². The molecule has 1 aliphatic heterocycles. The van der Waals surface area contributed by atoms with Gasteiger partial charge >= 0.3 is 0 Å². The number of sulfone groups is 1. The fraction of sp³-hybridized carbons (Fsp3) is 0.200. The van der Waals surface area contributed by atoms with E-state index in [1.165, 1.54) is 17.5 Å². The first-order valence-electron chi connectivity index (χ1n) is 5.07. The Morgan fingerprint density at radius 1 is 1.22 bits per heavy atom. The first-order chi connectivity index (χ1) is 8.26. The van der Waals surface area contributed by atoms with Crippen molar-refractivity contribution in [2.24, 2.45) is 5.14 Å². The molecule has 98 valence electrons. The van der Waals surface area contributed by atoms with Gasteiger partial charge in [0.1, 0.15) is 0 Å². The Balaban J connectivity index is 2.11. The number of primary sulfonamides is 1. The highest BCUT2D eigenvalue weighted by Gasteiger charge is 2.21. The lowest BCUT2D eigenvalue weighted by molar-refractivity contribution is 0.597. The predicted octanol–water partition coefficient (Wildman–Crippen LogP) is 0.0566. The summed E-state index contributed by atoms with van der Waals surface area (Å²) in [5.41, 5.74) is 0.633. The highest BCUT2D eigenvalue weighted by molar-refractivity contribution is 7.94. The molecule has 1 unspecified atom stereocenters. The molecule has 6 nitrogen and oxygen atoms in total. The molecule has 3 N–H and O–H groups in total. The zero-order valence-electron chi connectivity index (χ0n) is 9.28. The van der Waals surface area contributed by atoms with Crippen LogP contribution in [0, 0.1) is 0 Å². The minimum absolute atomic E-state index is 0.00391. The third-order valence-corrected chi connectivity index (χ3v) is 4.79. The van der Waals surface area contributed by atoms with Crippen LogP contribution in [-0.4, -0.2) is 28.6 Å². The van der Waals surface area contributed by atoms with Crippen molar-refractivity contribution in [3.05, 3.63) is 35.7 Å². The van der Waals surface area contributed by atoms with Crippen LogP contribution in [0.5, 0.6) is 0 Å². The van der Waals surface area contributed by atoms with Crippen LogP contribution in [0.15, 0.2) is 40.6 Å². The molecule has 0 saturated heterocycles. The Morgan fingerprint density at radius 3 is 2.28 bits per heavy atom. The zero-order chi connectivity index (χ0) is 13.4. The van der Waals surface area contributed by atoms with Crippen molar-refractivity contribution < 1.29 is 16.8 Å². The van der Waals surface area contributed by atoms with Crippen LogP contribution in [0.25, 0.3) is 0 Å². The molecule has 1 aromatic rings. The van der Waals surface area contributed by atoms with Gasteiger partial charge in [-0.05, 0) is 24.3 Å². The monoisotopic (exact) mass is 288 g/mol. The van der Waals surface area contributed by atoms with E-state index >= 15 is 0 Å². The molecule has 1 aliphatic rings. The van der Waals surface area contributed by atoms with E-state index in [-0.39, 0.29) is 16.7 Å². The lowest BCUT2D eigenvalue weighted by Gasteiger charge is -2.11. The first kappa shape index (κ1) is 13.1. The fourth-order valence-corrected chi connectivity index (χ4v) is 3.37. The molecule has 0 saturated carbocycles. The summed E-state index contributed by atoms with van der Waals surface area (Å²) in [7, 11) is -6.81. The molecular formula is C10H12N2O4S2. The Bertz CT molecular complexity index is 675. The van der Waals surface area contributed by atoms with E-state index in [1.54, 1.807) is 18.2 Å². The molecule has 0 aliphatic carbocycles. The largest absolute Gasteiger partial charge is 0.378 e. The minimum atomic E-state index is -3.70. The van der Waals surface area contributed by atoms with E-state index in [4.69, 9.17) is 5.14 Å². The second kappa shape index (κ2) is 4.38. The molecule has 0 radical (unpaired) electrons. The van der Waals surface area contributed by atoms with Gasteiger partial charge in [0.15, 0.2) is 9.84 Å². The number of benzene rings is 1. The summed E-state index contributed by atoms with van der Waals surface area (Å²) in [6.45, 7) is 0. The van der Waals surface area contributed by atoms with Crippen LogP contribution in [0.1, 0.15) is 0 Å². The lowest BCUT2D eigenvalue weighted by Crippen LogP contribution is -2.21. The summed E-state index contributed by atoms with van der Waals surface area (Å²) < 4.78 is 44.5. The van der Waals surface area contributed by atoms with E-state index in [0.717, 1.165) is 0 Å². The Labute approximate surface area is 105 Å². The number of hydrogen-bond acceptors (Lipinski definition) is 5. The van der Waals surface area contributed by atoms with Gasteiger partial charge in [-0.3, -0.25) is 0 Å². The van der Waals surface area contributed by atoms with Gasteiger partial charge in [-0.1, -0.05) is 6.08 Å². The van der Waals surface area contributed by atoms with Gasteiger partial charge in [-0.2, -0.15) is 0 Å². The summed E-state index contributed by atoms with van der Waals surface area (Å²) in [6, 6.07) is 5.52. The number of sulfonamides is 1. The van der Waals surface area contributed by atoms with Crippen LogP contribution in [0.2, 0.25) is 0 Å². The van der Waals surface area contributed by atoms with Crippen LogP contribution < -0.4 is 10.5 Å². The molecule has 0 amide bonds. The molecule has 8 heteroatoms. The molecule has 0 aromatic heterocycles. The molecule has 2 rings (SSSR count). The van der Waals surface area contributed by atoms with Crippen molar-refractivity contribution in [1.82, 2.24) is 0 Å². The highest BCUT2D eigenvalue weighted by Crippen LogP contribution is 2.17. The summed E-state index contributed by atoms with van der Waals surface area (Å²) in [5.74, 6) is 0.00391. The molecule has 18 heavy (non-hydrogen) atoms. The Morgan fingerprint density at radius 2 is 1.83 bits per heavy atom. The summed E-state index contributed by atoms with van der Waals surface area (Å²) in [4.78, 5) is 0.0163. The molecule has 1 heterocycles. The molecule has 1 aromatic carbocycles. The minimum Gasteiger partial charge on any atom is -0.378 e. The smallest absolute Gasteiger partial charge is 0.238 e. The number of hydrogen-bond donors (Lipinski definition) is 2. The summed E-state index contributed by atoms with van der Waals surface area (Å²) in [5, 5.41) is 9.11. The highest BCUT2D eigenvalue weighted by atomic mass is 32.2. The number of nitrogens with two attached hydrogens (primary N) is 1. The van der Waals surface area contributed by atoms with E-state index in [2.05, 4.69) is 5.32 Å². The topological polar surface area (TPSA) is 106 Å². The van der Waals surface area contributed by atoms with Crippen LogP contribution in [-0.2, 0) is 19.9 Å². The van der Waals surface area contributed by atoms with E-state index < -0.39 is 19.9 Å². The predicted molar refractivity (Wildman–Crippen MR) is 68.2 cm³/mol. The van der Waals surface area contributed by atoms with Gasteiger partial charge in [-0.25, -0.2) is 22.0 Å². The van der Waals surface area contributed by atoms with Crippen molar-refractivity contribution in [1.29, 1.82) is 0 Å². The third kappa shape index (κ3) is 3.09. The van der Waals surface area contributed by atoms with Crippen LogP contribution >= 0.6 is 0 Å². The van der Waals surface area contributed by atoms with Gasteiger partial charge in [0, 0.05) is 11.1 Å². The van der Waals surface area contributed by atoms with Crippen LogP contribution in [0.4, 0.5) is 5.69 Å². The molecule has 0 bridgehead atoms. The van der Waals surface area contributed by atoms with Gasteiger partial charge in [-0.15, -0.1) is 0 Å². The average Bonchev–Trinajstić information content (AvgIpc) is 2.57. The first-order valence-corrected chi connectivity index (χ1v) is 8.33. The maximum absolute atomic E-state index is 11.2. The van der Waals surface area contributed by atoms with Crippen molar-refractivity contribution in [2.45, 2.75) is 10.9 Å². The average molecular weight is 288 g/mol. The van der Waals surface area contributed by atoms with Crippen molar-refractivity contribution in [2.75, 3.05) is 11.1 Å². The SMILES string of the molecule is NS(=O)(=O)c1ccc(NC2C=CS(=O)(=O)C2)cc1. The second-order valence-corrected chi connectivity index (χ2v) is 7.47.